The number of benzene rings is 1. The van der Waals surface area contributed by atoms with Crippen LogP contribution in [0.5, 0.6) is 0 Å². The van der Waals surface area contributed by atoms with Crippen LogP contribution in [0.4, 0.5) is 5.69 Å². The van der Waals surface area contributed by atoms with Crippen LogP contribution in [0.15, 0.2) is 63.0 Å². The Labute approximate surface area is 157 Å². The molecule has 28 heavy (non-hydrogen) atoms. The van der Waals surface area contributed by atoms with Crippen molar-refractivity contribution in [2.75, 3.05) is 5.32 Å². The van der Waals surface area contributed by atoms with E-state index in [-0.39, 0.29) is 16.7 Å². The Kier molecular flexibility index (Phi) is 4.11. The highest BCUT2D eigenvalue weighted by Crippen LogP contribution is 2.21. The summed E-state index contributed by atoms with van der Waals surface area (Å²) >= 11 is 0. The first-order valence-corrected chi connectivity index (χ1v) is 8.33. The molecular formula is C19H15N5O4. The summed E-state index contributed by atoms with van der Waals surface area (Å²) in [6.07, 6.45) is 2.94. The first-order valence-electron chi connectivity index (χ1n) is 8.33. The summed E-state index contributed by atoms with van der Waals surface area (Å²) in [7, 11) is 2.90. The average Bonchev–Trinajstić information content (AvgIpc) is 3.25. The number of carbonyl (C=O) groups is 1. The lowest BCUT2D eigenvalue weighted by atomic mass is 10.1. The number of nitrogens with one attached hydrogen (secondary N) is 1. The van der Waals surface area contributed by atoms with Gasteiger partial charge in [-0.15, -0.1) is 0 Å². The summed E-state index contributed by atoms with van der Waals surface area (Å²) in [6.45, 7) is 0. The molecule has 0 aliphatic carbocycles. The number of carbonyl (C=O) groups excluding carboxylic acids is 1. The Morgan fingerprint density at radius 2 is 1.79 bits per heavy atom. The van der Waals surface area contributed by atoms with E-state index in [1.807, 2.05) is 0 Å². The van der Waals surface area contributed by atoms with Crippen molar-refractivity contribution < 1.29 is 9.21 Å². The second-order valence-corrected chi connectivity index (χ2v) is 6.17. The van der Waals surface area contributed by atoms with Crippen molar-refractivity contribution in [2.45, 2.75) is 0 Å². The Bertz CT molecular complexity index is 1300. The van der Waals surface area contributed by atoms with Gasteiger partial charge in [-0.1, -0.05) is 0 Å². The van der Waals surface area contributed by atoms with E-state index in [2.05, 4.69) is 15.3 Å². The molecule has 4 aromatic rings. The molecule has 0 atom stereocenters. The van der Waals surface area contributed by atoms with Crippen molar-refractivity contribution in [1.29, 1.82) is 0 Å². The number of pyridine rings is 1. The van der Waals surface area contributed by atoms with Gasteiger partial charge < -0.3 is 9.73 Å². The molecule has 0 aliphatic heterocycles. The molecular weight excluding hydrogens is 362 g/mol. The Hall–Kier alpha value is -4.01. The lowest BCUT2D eigenvalue weighted by Crippen LogP contribution is -2.37. The predicted molar refractivity (Wildman–Crippen MR) is 102 cm³/mol. The van der Waals surface area contributed by atoms with Crippen LogP contribution >= 0.6 is 0 Å². The molecule has 0 radical (unpaired) electrons. The number of aromatic nitrogens is 4. The number of nitrogens with zero attached hydrogens (tertiary/aromatic N) is 4. The number of anilines is 1. The standard InChI is InChI=1S/C19H15N5O4/c1-23-16-13(18(26)24(2)19(23)27)7-8-14(22-16)17(25)21-12-5-3-11(4-6-12)15-9-20-10-28-15/h3-10H,1-2H3,(H,21,25). The summed E-state index contributed by atoms with van der Waals surface area (Å²) in [5.41, 5.74) is 0.667. The number of hydrogen-bond donors (Lipinski definition) is 1. The number of aryl methyl sites for hydroxylation is 1. The van der Waals surface area contributed by atoms with Gasteiger partial charge >= 0.3 is 5.69 Å². The summed E-state index contributed by atoms with van der Waals surface area (Å²) in [6, 6.07) is 9.97. The van der Waals surface area contributed by atoms with Crippen LogP contribution in [0, 0.1) is 0 Å². The normalized spacial score (nSPS) is 10.9. The van der Waals surface area contributed by atoms with Gasteiger partial charge in [0.1, 0.15) is 11.3 Å². The SMILES string of the molecule is Cn1c(=O)c2ccc(C(=O)Nc3ccc(-c4cnco4)cc3)nc2n(C)c1=O. The zero-order chi connectivity index (χ0) is 19.8. The number of rotatable bonds is 3. The van der Waals surface area contributed by atoms with Gasteiger partial charge in [-0.25, -0.2) is 14.8 Å². The highest BCUT2D eigenvalue weighted by molar-refractivity contribution is 6.03. The fourth-order valence-corrected chi connectivity index (χ4v) is 2.85. The second-order valence-electron chi connectivity index (χ2n) is 6.17. The van der Waals surface area contributed by atoms with Crippen LogP contribution < -0.4 is 16.6 Å². The van der Waals surface area contributed by atoms with E-state index in [1.165, 1.54) is 37.2 Å². The third kappa shape index (κ3) is 2.88. The fourth-order valence-electron chi connectivity index (χ4n) is 2.85. The van der Waals surface area contributed by atoms with Crippen molar-refractivity contribution in [3.8, 4) is 11.3 Å². The molecule has 4 rings (SSSR count). The molecule has 0 fully saturated rings. The molecule has 0 saturated carbocycles. The molecule has 1 N–H and O–H groups in total. The molecule has 3 aromatic heterocycles. The smallest absolute Gasteiger partial charge is 0.332 e. The van der Waals surface area contributed by atoms with Crippen LogP contribution in [0.1, 0.15) is 10.5 Å². The van der Waals surface area contributed by atoms with E-state index >= 15 is 0 Å². The van der Waals surface area contributed by atoms with Gasteiger partial charge in [-0.3, -0.25) is 18.7 Å². The van der Waals surface area contributed by atoms with Crippen LogP contribution in [0.2, 0.25) is 0 Å². The Morgan fingerprint density at radius 3 is 2.46 bits per heavy atom. The lowest BCUT2D eigenvalue weighted by Gasteiger charge is -2.09. The highest BCUT2D eigenvalue weighted by atomic mass is 16.3. The highest BCUT2D eigenvalue weighted by Gasteiger charge is 2.14. The van der Waals surface area contributed by atoms with Gasteiger partial charge in [-0.2, -0.15) is 0 Å². The average molecular weight is 377 g/mol. The second kappa shape index (κ2) is 6.62. The van der Waals surface area contributed by atoms with Gasteiger partial charge in [-0.05, 0) is 36.4 Å². The summed E-state index contributed by atoms with van der Waals surface area (Å²) in [5.74, 6) is 0.166. The molecule has 0 spiro atoms. The maximum atomic E-state index is 12.5. The number of hydrogen-bond acceptors (Lipinski definition) is 6. The monoisotopic (exact) mass is 377 g/mol. The quantitative estimate of drug-likeness (QED) is 0.580. The molecule has 9 nitrogen and oxygen atoms in total. The van der Waals surface area contributed by atoms with E-state index in [1.54, 1.807) is 30.5 Å². The van der Waals surface area contributed by atoms with E-state index in [9.17, 15) is 14.4 Å². The minimum Gasteiger partial charge on any atom is -0.444 e. The number of amides is 1. The minimum absolute atomic E-state index is 0.0927. The van der Waals surface area contributed by atoms with E-state index in [4.69, 9.17) is 4.42 Å². The largest absolute Gasteiger partial charge is 0.444 e. The van der Waals surface area contributed by atoms with Crippen LogP contribution in [-0.2, 0) is 14.1 Å². The van der Waals surface area contributed by atoms with Gasteiger partial charge in [0, 0.05) is 25.3 Å². The van der Waals surface area contributed by atoms with Gasteiger partial charge in [0.25, 0.3) is 11.5 Å². The third-order valence-corrected chi connectivity index (χ3v) is 4.39. The zero-order valence-electron chi connectivity index (χ0n) is 15.0. The summed E-state index contributed by atoms with van der Waals surface area (Å²) in [5, 5.41) is 3.00. The van der Waals surface area contributed by atoms with Crippen LogP contribution in [0.3, 0.4) is 0 Å². The maximum absolute atomic E-state index is 12.5. The Morgan fingerprint density at radius 1 is 1.04 bits per heavy atom. The van der Waals surface area contributed by atoms with E-state index in [0.717, 1.165) is 10.1 Å². The third-order valence-electron chi connectivity index (χ3n) is 4.39. The van der Waals surface area contributed by atoms with E-state index in [0.29, 0.717) is 11.4 Å². The molecule has 0 aliphatic rings. The fraction of sp³-hybridized carbons (Fsp3) is 0.105. The number of fused-ring (bicyclic) bond motifs is 1. The molecule has 140 valence electrons. The van der Waals surface area contributed by atoms with Crippen molar-refractivity contribution in [1.82, 2.24) is 19.1 Å². The number of oxazole rings is 1. The predicted octanol–water partition coefficient (Wildman–Crippen LogP) is 1.54. The molecule has 1 amide bonds. The molecule has 0 bridgehead atoms. The summed E-state index contributed by atoms with van der Waals surface area (Å²) < 4.78 is 7.46. The molecule has 3 heterocycles. The lowest BCUT2D eigenvalue weighted by molar-refractivity contribution is 0.102. The summed E-state index contributed by atoms with van der Waals surface area (Å²) in [4.78, 5) is 44.9. The van der Waals surface area contributed by atoms with Crippen molar-refractivity contribution >= 4 is 22.6 Å². The topological polar surface area (TPSA) is 112 Å². The van der Waals surface area contributed by atoms with Crippen LogP contribution in [-0.4, -0.2) is 25.0 Å². The van der Waals surface area contributed by atoms with Crippen molar-refractivity contribution in [3.05, 3.63) is 75.5 Å². The first-order chi connectivity index (χ1) is 13.5. The Balaban J connectivity index is 1.64. The molecule has 1 aromatic carbocycles. The minimum atomic E-state index is -0.509. The molecule has 9 heteroatoms. The molecule has 0 saturated heterocycles. The van der Waals surface area contributed by atoms with Gasteiger partial charge in [0.05, 0.1) is 11.6 Å². The van der Waals surface area contributed by atoms with Crippen molar-refractivity contribution in [3.63, 3.8) is 0 Å². The van der Waals surface area contributed by atoms with Crippen molar-refractivity contribution in [2.24, 2.45) is 14.1 Å². The molecule has 0 unspecified atom stereocenters. The first kappa shape index (κ1) is 17.4. The maximum Gasteiger partial charge on any atom is 0.332 e. The van der Waals surface area contributed by atoms with Crippen LogP contribution in [0.25, 0.3) is 22.4 Å². The zero-order valence-corrected chi connectivity index (χ0v) is 15.0. The van der Waals surface area contributed by atoms with E-state index < -0.39 is 17.2 Å². The van der Waals surface area contributed by atoms with Gasteiger partial charge in [0.15, 0.2) is 12.2 Å². The van der Waals surface area contributed by atoms with Gasteiger partial charge in [0.2, 0.25) is 0 Å².